The van der Waals surface area contributed by atoms with Crippen LogP contribution in [0.4, 0.5) is 5.69 Å². The summed E-state index contributed by atoms with van der Waals surface area (Å²) in [7, 11) is -3.74. The van der Waals surface area contributed by atoms with Gasteiger partial charge in [0.1, 0.15) is 5.69 Å². The summed E-state index contributed by atoms with van der Waals surface area (Å²) in [4.78, 5) is 12.9. The third kappa shape index (κ3) is 3.70. The van der Waals surface area contributed by atoms with Gasteiger partial charge in [0.05, 0.1) is 28.0 Å². The molecule has 1 N–H and O–H groups in total. The molecule has 9 nitrogen and oxygen atoms in total. The van der Waals surface area contributed by atoms with Crippen LogP contribution in [0, 0.1) is 6.92 Å². The fourth-order valence-corrected chi connectivity index (χ4v) is 4.55. The van der Waals surface area contributed by atoms with E-state index < -0.39 is 10.0 Å². The molecule has 0 aliphatic heterocycles. The van der Waals surface area contributed by atoms with E-state index >= 15 is 0 Å². The second-order valence-electron chi connectivity index (χ2n) is 6.93. The molecule has 5 aromatic rings. The van der Waals surface area contributed by atoms with E-state index in [4.69, 9.17) is 16.1 Å². The third-order valence-corrected chi connectivity index (χ3v) is 6.37. The lowest BCUT2D eigenvalue weighted by molar-refractivity contribution is 0.394. The maximum absolute atomic E-state index is 12.7. The van der Waals surface area contributed by atoms with Crippen molar-refractivity contribution in [2.24, 2.45) is 0 Å². The molecule has 1 aromatic carbocycles. The van der Waals surface area contributed by atoms with Crippen LogP contribution in [-0.4, -0.2) is 32.9 Å². The topological polar surface area (TPSA) is 115 Å². The van der Waals surface area contributed by atoms with Gasteiger partial charge in [-0.25, -0.2) is 13.4 Å². The number of hydrogen-bond acceptors (Lipinski definition) is 7. The van der Waals surface area contributed by atoms with Gasteiger partial charge in [0.15, 0.2) is 5.65 Å². The highest BCUT2D eigenvalue weighted by atomic mass is 35.5. The third-order valence-electron chi connectivity index (χ3n) is 4.69. The molecule has 11 heteroatoms. The van der Waals surface area contributed by atoms with Crippen LogP contribution in [0.25, 0.3) is 28.3 Å². The first-order valence-corrected chi connectivity index (χ1v) is 11.3. The van der Waals surface area contributed by atoms with Crippen LogP contribution in [0.15, 0.2) is 76.7 Å². The van der Waals surface area contributed by atoms with Crippen molar-refractivity contribution in [1.29, 1.82) is 0 Å². The smallest absolute Gasteiger partial charge is 0.261 e. The van der Waals surface area contributed by atoms with E-state index in [0.29, 0.717) is 44.9 Å². The van der Waals surface area contributed by atoms with Gasteiger partial charge in [-0.15, -0.1) is 0 Å². The number of pyridine rings is 2. The minimum atomic E-state index is -3.74. The van der Waals surface area contributed by atoms with Crippen molar-refractivity contribution in [2.45, 2.75) is 11.8 Å². The molecule has 0 saturated heterocycles. The van der Waals surface area contributed by atoms with Crippen molar-refractivity contribution < 1.29 is 12.9 Å². The number of fused-ring (bicyclic) bond motifs is 1. The number of nitrogens with one attached hydrogen (secondary N) is 1. The maximum Gasteiger partial charge on any atom is 0.261 e. The van der Waals surface area contributed by atoms with Crippen molar-refractivity contribution in [3.05, 3.63) is 78.2 Å². The Morgan fingerprint density at radius 2 is 1.88 bits per heavy atom. The molecule has 0 fully saturated rings. The lowest BCUT2D eigenvalue weighted by atomic mass is 10.1. The van der Waals surface area contributed by atoms with Gasteiger partial charge in [0.2, 0.25) is 11.7 Å². The zero-order valence-electron chi connectivity index (χ0n) is 16.6. The first-order chi connectivity index (χ1) is 15.4. The van der Waals surface area contributed by atoms with Crippen LogP contribution in [0.3, 0.4) is 0 Å². The van der Waals surface area contributed by atoms with Crippen LogP contribution in [-0.2, 0) is 10.0 Å². The lowest BCUT2D eigenvalue weighted by Crippen LogP contribution is -2.13. The normalized spacial score (nSPS) is 11.7. The molecule has 0 bridgehead atoms. The molecule has 0 saturated carbocycles. The first kappa shape index (κ1) is 20.2. The number of imidazole rings is 1. The fraction of sp³-hybridized carbons (Fsp3) is 0.0476. The van der Waals surface area contributed by atoms with Crippen molar-refractivity contribution in [3.63, 3.8) is 0 Å². The van der Waals surface area contributed by atoms with Gasteiger partial charge < -0.3 is 4.52 Å². The zero-order valence-corrected chi connectivity index (χ0v) is 18.2. The summed E-state index contributed by atoms with van der Waals surface area (Å²) in [5.41, 5.74) is 2.82. The Kier molecular flexibility index (Phi) is 4.87. The summed E-state index contributed by atoms with van der Waals surface area (Å²) in [5, 5.41) is 4.35. The van der Waals surface area contributed by atoms with Crippen LogP contribution in [0.2, 0.25) is 5.02 Å². The van der Waals surface area contributed by atoms with Crippen LogP contribution in [0.1, 0.15) is 5.89 Å². The predicted octanol–water partition coefficient (Wildman–Crippen LogP) is 4.21. The van der Waals surface area contributed by atoms with Gasteiger partial charge >= 0.3 is 0 Å². The Morgan fingerprint density at radius 3 is 2.62 bits per heavy atom. The highest BCUT2D eigenvalue weighted by molar-refractivity contribution is 7.92. The summed E-state index contributed by atoms with van der Waals surface area (Å²) in [5.74, 6) is 0.811. The number of aromatic nitrogens is 5. The Hall–Kier alpha value is -3.76. The largest absolute Gasteiger partial charge is 0.339 e. The summed E-state index contributed by atoms with van der Waals surface area (Å²) < 4.78 is 34.7. The molecule has 0 unspecified atom stereocenters. The quantitative estimate of drug-likeness (QED) is 0.412. The molecule has 0 aliphatic rings. The standard InChI is InChI=1S/C21H15ClN6O3S/c1-13-25-20(26-31-13)19-11-24-21-18(22)8-15(12-28(19)21)14-7-16(10-23-9-14)27-32(29,30)17-5-3-2-4-6-17/h2-12,27H,1H3. The monoisotopic (exact) mass is 466 g/mol. The molecule has 0 amide bonds. The highest BCUT2D eigenvalue weighted by Gasteiger charge is 2.17. The van der Waals surface area contributed by atoms with E-state index in [-0.39, 0.29) is 4.90 Å². The molecule has 0 aliphatic carbocycles. The summed E-state index contributed by atoms with van der Waals surface area (Å²) in [6, 6.07) is 11.5. The van der Waals surface area contributed by atoms with Gasteiger partial charge in [-0.2, -0.15) is 4.98 Å². The van der Waals surface area contributed by atoms with E-state index in [1.54, 1.807) is 54.0 Å². The van der Waals surface area contributed by atoms with Crippen molar-refractivity contribution >= 4 is 33.0 Å². The molecule has 4 aromatic heterocycles. The van der Waals surface area contributed by atoms with Gasteiger partial charge in [0.25, 0.3) is 10.0 Å². The van der Waals surface area contributed by atoms with Gasteiger partial charge in [-0.1, -0.05) is 35.0 Å². The van der Waals surface area contributed by atoms with Crippen molar-refractivity contribution in [2.75, 3.05) is 4.72 Å². The van der Waals surface area contributed by atoms with Gasteiger partial charge in [-0.05, 0) is 24.3 Å². The summed E-state index contributed by atoms with van der Waals surface area (Å²) in [6.45, 7) is 1.70. The Balaban J connectivity index is 1.55. The number of nitrogens with zero attached hydrogens (tertiary/aromatic N) is 5. The lowest BCUT2D eigenvalue weighted by Gasteiger charge is -2.10. The first-order valence-electron chi connectivity index (χ1n) is 9.41. The highest BCUT2D eigenvalue weighted by Crippen LogP contribution is 2.30. The average molecular weight is 467 g/mol. The number of aryl methyl sites for hydroxylation is 1. The van der Waals surface area contributed by atoms with Gasteiger partial charge in [0, 0.05) is 30.4 Å². The van der Waals surface area contributed by atoms with E-state index in [1.165, 1.54) is 18.3 Å². The Bertz CT molecular complexity index is 1550. The van der Waals surface area contributed by atoms with Crippen LogP contribution >= 0.6 is 11.6 Å². The van der Waals surface area contributed by atoms with E-state index in [0.717, 1.165) is 0 Å². The molecule has 160 valence electrons. The molecule has 0 atom stereocenters. The van der Waals surface area contributed by atoms with Crippen LogP contribution < -0.4 is 4.72 Å². The SMILES string of the molecule is Cc1nc(-c2cnc3c(Cl)cc(-c4cncc(NS(=O)(=O)c5ccccc5)c4)cn23)no1. The van der Waals surface area contributed by atoms with Crippen LogP contribution in [0.5, 0.6) is 0 Å². The minimum Gasteiger partial charge on any atom is -0.339 e. The molecule has 4 heterocycles. The maximum atomic E-state index is 12.7. The number of anilines is 1. The number of rotatable bonds is 5. The number of benzene rings is 1. The number of halogens is 1. The predicted molar refractivity (Wildman–Crippen MR) is 119 cm³/mol. The number of hydrogen-bond donors (Lipinski definition) is 1. The van der Waals surface area contributed by atoms with Gasteiger partial charge in [-0.3, -0.25) is 14.1 Å². The average Bonchev–Trinajstić information content (AvgIpc) is 3.40. The second kappa shape index (κ2) is 7.74. The summed E-state index contributed by atoms with van der Waals surface area (Å²) >= 11 is 6.46. The molecule has 0 spiro atoms. The van der Waals surface area contributed by atoms with Crippen molar-refractivity contribution in [3.8, 4) is 22.6 Å². The zero-order chi connectivity index (χ0) is 22.3. The molecule has 32 heavy (non-hydrogen) atoms. The number of sulfonamides is 1. The Morgan fingerprint density at radius 1 is 1.06 bits per heavy atom. The summed E-state index contributed by atoms with van der Waals surface area (Å²) in [6.07, 6.45) is 6.47. The minimum absolute atomic E-state index is 0.160. The Labute approximate surface area is 187 Å². The van der Waals surface area contributed by atoms with E-state index in [9.17, 15) is 8.42 Å². The molecule has 0 radical (unpaired) electrons. The van der Waals surface area contributed by atoms with Crippen molar-refractivity contribution in [1.82, 2.24) is 24.5 Å². The second-order valence-corrected chi connectivity index (χ2v) is 9.02. The molecular formula is C21H15ClN6O3S. The van der Waals surface area contributed by atoms with E-state index in [1.807, 2.05) is 6.20 Å². The fourth-order valence-electron chi connectivity index (χ4n) is 3.24. The molecular weight excluding hydrogens is 452 g/mol. The molecule has 5 rings (SSSR count). The van der Waals surface area contributed by atoms with E-state index in [2.05, 4.69) is 24.8 Å².